The summed E-state index contributed by atoms with van der Waals surface area (Å²) in [6.45, 7) is 3.42. The fraction of sp³-hybridized carbons (Fsp3) is 0.200. The van der Waals surface area contributed by atoms with Gasteiger partial charge in [0, 0.05) is 24.0 Å². The number of benzene rings is 2. The van der Waals surface area contributed by atoms with Crippen molar-refractivity contribution in [3.8, 4) is 0 Å². The molecule has 0 unspecified atom stereocenters. The smallest absolute Gasteiger partial charge is 0.254 e. The third kappa shape index (κ3) is 3.74. The van der Waals surface area contributed by atoms with Gasteiger partial charge in [0.2, 0.25) is 0 Å². The van der Waals surface area contributed by atoms with E-state index in [1.807, 2.05) is 59.5 Å². The van der Waals surface area contributed by atoms with Crippen LogP contribution in [-0.2, 0) is 6.54 Å². The van der Waals surface area contributed by atoms with Crippen LogP contribution in [0, 0.1) is 0 Å². The Hall–Kier alpha value is -2.39. The van der Waals surface area contributed by atoms with E-state index in [9.17, 15) is 4.79 Å². The summed E-state index contributed by atoms with van der Waals surface area (Å²) < 4.78 is 0. The second kappa shape index (κ2) is 7.45. The number of fused-ring (bicyclic) bond motifs is 1. The Morgan fingerprint density at radius 3 is 2.62 bits per heavy atom. The molecule has 0 fully saturated rings. The summed E-state index contributed by atoms with van der Waals surface area (Å²) in [5.41, 5.74) is 2.61. The Balaban J connectivity index is 1.87. The highest BCUT2D eigenvalue weighted by atomic mass is 35.5. The molecular weight excluding hydrogens is 320 g/mol. The van der Waals surface area contributed by atoms with Crippen LogP contribution in [0.3, 0.4) is 0 Å². The second-order valence-corrected chi connectivity index (χ2v) is 6.14. The second-order valence-electron chi connectivity index (χ2n) is 5.75. The Labute approximate surface area is 146 Å². The minimum Gasteiger partial charge on any atom is -0.334 e. The van der Waals surface area contributed by atoms with Gasteiger partial charge in [-0.3, -0.25) is 4.79 Å². The first-order valence-corrected chi connectivity index (χ1v) is 8.44. The van der Waals surface area contributed by atoms with E-state index in [-0.39, 0.29) is 5.91 Å². The lowest BCUT2D eigenvalue weighted by Gasteiger charge is -2.22. The van der Waals surface area contributed by atoms with Gasteiger partial charge in [0.1, 0.15) is 5.15 Å². The monoisotopic (exact) mass is 338 g/mol. The van der Waals surface area contributed by atoms with Gasteiger partial charge in [-0.25, -0.2) is 4.98 Å². The predicted molar refractivity (Wildman–Crippen MR) is 98.2 cm³/mol. The standard InChI is InChI=1S/C20H19ClN2O/c1-2-12-23(14-15-6-4-3-5-7-15)20(24)17-8-10-18-16(13-17)9-11-19(21)22-18/h3-11,13H,2,12,14H2,1H3. The molecule has 0 aliphatic carbocycles. The van der Waals surface area contributed by atoms with E-state index < -0.39 is 0 Å². The van der Waals surface area contributed by atoms with E-state index in [1.165, 1.54) is 0 Å². The van der Waals surface area contributed by atoms with Gasteiger partial charge in [-0.15, -0.1) is 0 Å². The number of hydrogen-bond acceptors (Lipinski definition) is 2. The van der Waals surface area contributed by atoms with Crippen LogP contribution in [-0.4, -0.2) is 22.3 Å². The van der Waals surface area contributed by atoms with Crippen LogP contribution < -0.4 is 0 Å². The summed E-state index contributed by atoms with van der Waals surface area (Å²) in [5.74, 6) is 0.0394. The van der Waals surface area contributed by atoms with Gasteiger partial charge >= 0.3 is 0 Å². The number of pyridine rings is 1. The van der Waals surface area contributed by atoms with Crippen molar-refractivity contribution in [2.75, 3.05) is 6.54 Å². The zero-order valence-corrected chi connectivity index (χ0v) is 14.3. The molecule has 0 saturated carbocycles. The Morgan fingerprint density at radius 2 is 1.88 bits per heavy atom. The van der Waals surface area contributed by atoms with Crippen molar-refractivity contribution in [1.29, 1.82) is 0 Å². The average molecular weight is 339 g/mol. The zero-order chi connectivity index (χ0) is 16.9. The summed E-state index contributed by atoms with van der Waals surface area (Å²) in [6, 6.07) is 19.2. The van der Waals surface area contributed by atoms with Crippen LogP contribution in [0.4, 0.5) is 0 Å². The van der Waals surface area contributed by atoms with Gasteiger partial charge in [-0.05, 0) is 42.3 Å². The van der Waals surface area contributed by atoms with Gasteiger partial charge in [0.05, 0.1) is 5.52 Å². The van der Waals surface area contributed by atoms with Crippen LogP contribution in [0.5, 0.6) is 0 Å². The Bertz CT molecular complexity index is 849. The van der Waals surface area contributed by atoms with Crippen LogP contribution in [0.1, 0.15) is 29.3 Å². The van der Waals surface area contributed by atoms with E-state index in [4.69, 9.17) is 11.6 Å². The third-order valence-electron chi connectivity index (χ3n) is 3.90. The summed E-state index contributed by atoms with van der Waals surface area (Å²) in [4.78, 5) is 19.1. The van der Waals surface area contributed by atoms with Crippen molar-refractivity contribution >= 4 is 28.4 Å². The van der Waals surface area contributed by atoms with Crippen molar-refractivity contribution in [1.82, 2.24) is 9.88 Å². The minimum atomic E-state index is 0.0394. The highest BCUT2D eigenvalue weighted by molar-refractivity contribution is 6.29. The van der Waals surface area contributed by atoms with Gasteiger partial charge in [0.25, 0.3) is 5.91 Å². The molecule has 0 aliphatic heterocycles. The van der Waals surface area contributed by atoms with Crippen LogP contribution in [0.15, 0.2) is 60.7 Å². The number of rotatable bonds is 5. The lowest BCUT2D eigenvalue weighted by molar-refractivity contribution is 0.0743. The lowest BCUT2D eigenvalue weighted by Crippen LogP contribution is -2.31. The molecular formula is C20H19ClN2O. The number of amides is 1. The molecule has 2 aromatic carbocycles. The summed E-state index contributed by atoms with van der Waals surface area (Å²) in [6.07, 6.45) is 0.920. The molecule has 1 amide bonds. The van der Waals surface area contributed by atoms with Crippen molar-refractivity contribution < 1.29 is 4.79 Å². The van der Waals surface area contributed by atoms with E-state index >= 15 is 0 Å². The van der Waals surface area contributed by atoms with Crippen LogP contribution in [0.2, 0.25) is 5.15 Å². The molecule has 0 spiro atoms. The largest absolute Gasteiger partial charge is 0.334 e. The SMILES string of the molecule is CCCN(Cc1ccccc1)C(=O)c1ccc2nc(Cl)ccc2c1. The maximum absolute atomic E-state index is 12.9. The molecule has 0 radical (unpaired) electrons. The quantitative estimate of drug-likeness (QED) is 0.617. The van der Waals surface area contributed by atoms with Crippen molar-refractivity contribution in [3.05, 3.63) is 76.9 Å². The number of carbonyl (C=O) groups excluding carboxylic acids is 1. The van der Waals surface area contributed by atoms with Crippen molar-refractivity contribution in [2.45, 2.75) is 19.9 Å². The molecule has 0 atom stereocenters. The summed E-state index contributed by atoms with van der Waals surface area (Å²) >= 11 is 5.92. The third-order valence-corrected chi connectivity index (χ3v) is 4.11. The first-order valence-electron chi connectivity index (χ1n) is 8.07. The molecule has 4 heteroatoms. The first kappa shape index (κ1) is 16.5. The average Bonchev–Trinajstić information content (AvgIpc) is 2.61. The van der Waals surface area contributed by atoms with E-state index in [1.54, 1.807) is 6.07 Å². The van der Waals surface area contributed by atoms with E-state index in [2.05, 4.69) is 11.9 Å². The topological polar surface area (TPSA) is 33.2 Å². The van der Waals surface area contributed by atoms with Crippen molar-refractivity contribution in [3.63, 3.8) is 0 Å². The van der Waals surface area contributed by atoms with Gasteiger partial charge in [-0.1, -0.05) is 48.9 Å². The highest BCUT2D eigenvalue weighted by Gasteiger charge is 2.16. The van der Waals surface area contributed by atoms with Gasteiger partial charge in [-0.2, -0.15) is 0 Å². The number of nitrogens with zero attached hydrogens (tertiary/aromatic N) is 2. The normalized spacial score (nSPS) is 10.8. The number of aromatic nitrogens is 1. The van der Waals surface area contributed by atoms with E-state index in [0.717, 1.165) is 29.4 Å². The van der Waals surface area contributed by atoms with Gasteiger partial charge < -0.3 is 4.90 Å². The molecule has 122 valence electrons. The molecule has 1 heterocycles. The first-order chi connectivity index (χ1) is 11.7. The molecule has 0 N–H and O–H groups in total. The molecule has 1 aromatic heterocycles. The number of halogens is 1. The molecule has 0 aliphatic rings. The molecule has 3 aromatic rings. The lowest BCUT2D eigenvalue weighted by atomic mass is 10.1. The summed E-state index contributed by atoms with van der Waals surface area (Å²) in [7, 11) is 0. The van der Waals surface area contributed by atoms with Crippen LogP contribution in [0.25, 0.3) is 10.9 Å². The summed E-state index contributed by atoms with van der Waals surface area (Å²) in [5, 5.41) is 1.37. The maximum Gasteiger partial charge on any atom is 0.254 e. The molecule has 3 rings (SSSR count). The van der Waals surface area contributed by atoms with Gasteiger partial charge in [0.15, 0.2) is 0 Å². The Kier molecular flexibility index (Phi) is 5.11. The Morgan fingerprint density at radius 1 is 1.08 bits per heavy atom. The molecule has 24 heavy (non-hydrogen) atoms. The number of carbonyl (C=O) groups is 1. The fourth-order valence-corrected chi connectivity index (χ4v) is 2.90. The predicted octanol–water partition coefficient (Wildman–Crippen LogP) is 4.94. The van der Waals surface area contributed by atoms with Crippen LogP contribution >= 0.6 is 11.6 Å². The fourth-order valence-electron chi connectivity index (χ4n) is 2.74. The maximum atomic E-state index is 12.9. The highest BCUT2D eigenvalue weighted by Crippen LogP contribution is 2.19. The number of hydrogen-bond donors (Lipinski definition) is 0. The minimum absolute atomic E-state index is 0.0394. The molecule has 0 bridgehead atoms. The van der Waals surface area contributed by atoms with E-state index in [0.29, 0.717) is 17.3 Å². The van der Waals surface area contributed by atoms with Crippen molar-refractivity contribution in [2.24, 2.45) is 0 Å². The zero-order valence-electron chi connectivity index (χ0n) is 13.6. The molecule has 0 saturated heterocycles. The molecule has 3 nitrogen and oxygen atoms in total.